The third kappa shape index (κ3) is 4.62. The smallest absolute Gasteiger partial charge is 0.251 e. The molecule has 1 fully saturated rings. The van der Waals surface area contributed by atoms with Crippen LogP contribution < -0.4 is 14.8 Å². The Labute approximate surface area is 177 Å². The van der Waals surface area contributed by atoms with Crippen LogP contribution in [0.15, 0.2) is 73.1 Å². The summed E-state index contributed by atoms with van der Waals surface area (Å²) in [6, 6.07) is 19.5. The number of hydrogen-bond donors (Lipinski definition) is 1. The number of nitrogens with zero attached hydrogens (tertiary/aromatic N) is 1. The lowest BCUT2D eigenvalue weighted by atomic mass is 9.96. The minimum absolute atomic E-state index is 0.0758. The Kier molecular flexibility index (Phi) is 5.98. The molecule has 0 bridgehead atoms. The van der Waals surface area contributed by atoms with E-state index in [0.717, 1.165) is 18.4 Å². The minimum Gasteiger partial charge on any atom is -0.490 e. The molecule has 0 unspecified atom stereocenters. The third-order valence-corrected chi connectivity index (χ3v) is 5.45. The number of rotatable bonds is 9. The Morgan fingerprint density at radius 2 is 1.87 bits per heavy atom. The van der Waals surface area contributed by atoms with Crippen molar-refractivity contribution < 1.29 is 14.3 Å². The summed E-state index contributed by atoms with van der Waals surface area (Å²) >= 11 is 0. The van der Waals surface area contributed by atoms with Crippen molar-refractivity contribution in [3.05, 3.63) is 89.7 Å². The van der Waals surface area contributed by atoms with Crippen molar-refractivity contribution in [1.82, 2.24) is 10.3 Å². The van der Waals surface area contributed by atoms with Gasteiger partial charge in [-0.1, -0.05) is 36.4 Å². The number of carbonyl (C=O) groups is 1. The van der Waals surface area contributed by atoms with E-state index in [2.05, 4.69) is 34.6 Å². The molecule has 1 aliphatic rings. The summed E-state index contributed by atoms with van der Waals surface area (Å²) < 4.78 is 11.6. The van der Waals surface area contributed by atoms with Crippen LogP contribution in [0.1, 0.15) is 41.3 Å². The molecule has 0 radical (unpaired) electrons. The van der Waals surface area contributed by atoms with Crippen LogP contribution >= 0.6 is 0 Å². The molecule has 1 aromatic heterocycles. The number of amides is 1. The Bertz CT molecular complexity index is 986. The molecule has 1 N–H and O–H groups in total. The van der Waals surface area contributed by atoms with Crippen LogP contribution in [0.3, 0.4) is 0 Å². The van der Waals surface area contributed by atoms with Crippen molar-refractivity contribution in [3.8, 4) is 11.5 Å². The molecule has 5 heteroatoms. The fourth-order valence-electron chi connectivity index (χ4n) is 3.54. The minimum atomic E-state index is -0.100. The maximum atomic E-state index is 12.8. The van der Waals surface area contributed by atoms with Crippen molar-refractivity contribution >= 4 is 5.91 Å². The standard InChI is InChI=1S/C25H26N2O3/c1-2-29-23-15-20(10-11-22(23)30-17-19-7-6-14-26-16-19)24(28)27-18-25(12-13-25)21-8-4-3-5-9-21/h3-11,14-16H,2,12-13,17-18H2,1H3,(H,27,28). The van der Waals surface area contributed by atoms with Gasteiger partial charge in [0.1, 0.15) is 6.61 Å². The molecule has 0 atom stereocenters. The molecule has 3 aromatic rings. The van der Waals surface area contributed by atoms with Gasteiger partial charge in [0.15, 0.2) is 11.5 Å². The first kappa shape index (κ1) is 20.0. The Morgan fingerprint density at radius 3 is 2.57 bits per heavy atom. The zero-order valence-corrected chi connectivity index (χ0v) is 17.1. The first-order valence-electron chi connectivity index (χ1n) is 10.3. The van der Waals surface area contributed by atoms with E-state index in [0.29, 0.717) is 36.8 Å². The number of ether oxygens (including phenoxy) is 2. The van der Waals surface area contributed by atoms with Crippen molar-refractivity contribution in [2.24, 2.45) is 0 Å². The fourth-order valence-corrected chi connectivity index (χ4v) is 3.54. The highest BCUT2D eigenvalue weighted by Crippen LogP contribution is 2.47. The van der Waals surface area contributed by atoms with Gasteiger partial charge in [0, 0.05) is 35.5 Å². The summed E-state index contributed by atoms with van der Waals surface area (Å²) in [6.07, 6.45) is 5.69. The SMILES string of the molecule is CCOc1cc(C(=O)NCC2(c3ccccc3)CC2)ccc1OCc1cccnc1. The Hall–Kier alpha value is -3.34. The van der Waals surface area contributed by atoms with Crippen molar-refractivity contribution in [2.45, 2.75) is 31.8 Å². The predicted octanol–water partition coefficient (Wildman–Crippen LogP) is 4.52. The van der Waals surface area contributed by atoms with Crippen LogP contribution in [0.5, 0.6) is 11.5 Å². The van der Waals surface area contributed by atoms with Crippen LogP contribution in [0.2, 0.25) is 0 Å². The first-order chi connectivity index (χ1) is 14.7. The summed E-state index contributed by atoms with van der Waals surface area (Å²) in [4.78, 5) is 16.9. The highest BCUT2D eigenvalue weighted by molar-refractivity contribution is 5.95. The number of hydrogen-bond acceptors (Lipinski definition) is 4. The van der Waals surface area contributed by atoms with E-state index in [1.807, 2.05) is 25.1 Å². The van der Waals surface area contributed by atoms with E-state index in [1.54, 1.807) is 30.6 Å². The van der Waals surface area contributed by atoms with Gasteiger partial charge in [0.05, 0.1) is 6.61 Å². The van der Waals surface area contributed by atoms with E-state index in [1.165, 1.54) is 5.56 Å². The molecule has 1 saturated carbocycles. The van der Waals surface area contributed by atoms with Gasteiger partial charge >= 0.3 is 0 Å². The molecule has 154 valence electrons. The molecule has 30 heavy (non-hydrogen) atoms. The molecular weight excluding hydrogens is 376 g/mol. The van der Waals surface area contributed by atoms with Gasteiger partial charge in [-0.2, -0.15) is 0 Å². The van der Waals surface area contributed by atoms with Crippen molar-refractivity contribution in [1.29, 1.82) is 0 Å². The van der Waals surface area contributed by atoms with Crippen LogP contribution in [-0.4, -0.2) is 24.0 Å². The topological polar surface area (TPSA) is 60.5 Å². The van der Waals surface area contributed by atoms with E-state index in [4.69, 9.17) is 9.47 Å². The maximum absolute atomic E-state index is 12.8. The van der Waals surface area contributed by atoms with Gasteiger partial charge in [-0.05, 0) is 49.6 Å². The monoisotopic (exact) mass is 402 g/mol. The second kappa shape index (κ2) is 8.99. The summed E-state index contributed by atoms with van der Waals surface area (Å²) in [5.74, 6) is 1.08. The molecule has 5 nitrogen and oxygen atoms in total. The molecule has 4 rings (SSSR count). The summed E-state index contributed by atoms with van der Waals surface area (Å²) in [5, 5.41) is 3.10. The largest absolute Gasteiger partial charge is 0.490 e. The van der Waals surface area contributed by atoms with Crippen molar-refractivity contribution in [2.75, 3.05) is 13.2 Å². The fraction of sp³-hybridized carbons (Fsp3) is 0.280. The number of aromatic nitrogens is 1. The van der Waals surface area contributed by atoms with Gasteiger partial charge in [0.25, 0.3) is 5.91 Å². The number of carbonyl (C=O) groups excluding carboxylic acids is 1. The summed E-state index contributed by atoms with van der Waals surface area (Å²) in [6.45, 7) is 3.43. The van der Waals surface area contributed by atoms with E-state index in [9.17, 15) is 4.79 Å². The molecule has 1 amide bonds. The first-order valence-corrected chi connectivity index (χ1v) is 10.3. The number of benzene rings is 2. The quantitative estimate of drug-likeness (QED) is 0.572. The average Bonchev–Trinajstić information content (AvgIpc) is 3.59. The van der Waals surface area contributed by atoms with Gasteiger partial charge in [-0.15, -0.1) is 0 Å². The lowest BCUT2D eigenvalue weighted by Crippen LogP contribution is -2.32. The molecule has 1 aliphatic carbocycles. The molecule has 0 saturated heterocycles. The highest BCUT2D eigenvalue weighted by atomic mass is 16.5. The summed E-state index contributed by atoms with van der Waals surface area (Å²) in [7, 11) is 0. The molecule has 1 heterocycles. The second-order valence-electron chi connectivity index (χ2n) is 7.57. The van der Waals surface area contributed by atoms with Gasteiger partial charge < -0.3 is 14.8 Å². The molecule has 0 spiro atoms. The second-order valence-corrected chi connectivity index (χ2v) is 7.57. The predicted molar refractivity (Wildman–Crippen MR) is 116 cm³/mol. The van der Waals surface area contributed by atoms with Crippen LogP contribution in [0.4, 0.5) is 0 Å². The third-order valence-electron chi connectivity index (χ3n) is 5.45. The zero-order chi connectivity index (χ0) is 20.8. The lowest BCUT2D eigenvalue weighted by molar-refractivity contribution is 0.0949. The average molecular weight is 402 g/mol. The summed E-state index contributed by atoms with van der Waals surface area (Å²) in [5.41, 5.74) is 2.90. The highest BCUT2D eigenvalue weighted by Gasteiger charge is 2.44. The van der Waals surface area contributed by atoms with Gasteiger partial charge in [-0.3, -0.25) is 9.78 Å². The molecule has 0 aliphatic heterocycles. The normalized spacial score (nSPS) is 14.0. The molecule has 2 aromatic carbocycles. The van der Waals surface area contributed by atoms with Crippen molar-refractivity contribution in [3.63, 3.8) is 0 Å². The van der Waals surface area contributed by atoms with Gasteiger partial charge in [0.2, 0.25) is 0 Å². The van der Waals surface area contributed by atoms with E-state index >= 15 is 0 Å². The molecular formula is C25H26N2O3. The van der Waals surface area contributed by atoms with E-state index < -0.39 is 0 Å². The number of pyridine rings is 1. The van der Waals surface area contributed by atoms with Crippen LogP contribution in [0, 0.1) is 0 Å². The van der Waals surface area contributed by atoms with Gasteiger partial charge in [-0.25, -0.2) is 0 Å². The number of nitrogens with one attached hydrogen (secondary N) is 1. The van der Waals surface area contributed by atoms with E-state index in [-0.39, 0.29) is 11.3 Å². The maximum Gasteiger partial charge on any atom is 0.251 e. The Balaban J connectivity index is 1.42. The zero-order valence-electron chi connectivity index (χ0n) is 17.1. The van der Waals surface area contributed by atoms with Crippen LogP contribution in [-0.2, 0) is 12.0 Å². The van der Waals surface area contributed by atoms with Crippen LogP contribution in [0.25, 0.3) is 0 Å². The Morgan fingerprint density at radius 1 is 1.03 bits per heavy atom. The lowest BCUT2D eigenvalue weighted by Gasteiger charge is -2.17.